The zero-order valence-corrected chi connectivity index (χ0v) is 23.7. The summed E-state index contributed by atoms with van der Waals surface area (Å²) in [5.74, 6) is 0. The molecule has 0 aliphatic carbocycles. The third-order valence-electron chi connectivity index (χ3n) is 8.05. The minimum Gasteiger partial charge on any atom is -0.309 e. The topological polar surface area (TPSA) is 14.8 Å². The molecule has 10 rings (SSSR count). The Hall–Kier alpha value is -6.06. The number of benzene rings is 7. The second kappa shape index (κ2) is 9.47. The molecule has 0 amide bonds. The zero-order chi connectivity index (χ0) is 49.5. The van der Waals surface area contributed by atoms with Crippen LogP contribution < -0.4 is 0 Å². The van der Waals surface area contributed by atoms with E-state index in [2.05, 4.69) is 0 Å². The lowest BCUT2D eigenvalue weighted by molar-refractivity contribution is 1.09. The van der Waals surface area contributed by atoms with Gasteiger partial charge >= 0.3 is 0 Å². The SMILES string of the molecule is [2H]c1c([2H])c([2H])c2c(c1[2H])c1c([2H])c(C)c([2H])c([2H])c1n2-c1ccccc1-n1c2c([2H])c([2H])c([2H])c([2H])c2c2c([2H])c(-n3c4c([2H])c([2H])c([2H])c([2H])c4c4c([2H])c([2H])c([2H])c([2H])c43)c([2H])c([2H])c21. The number of hydrogen-bond acceptors (Lipinski definition) is 0. The van der Waals surface area contributed by atoms with Gasteiger partial charge in [-0.05, 0) is 73.4 Å². The molecule has 3 aromatic heterocycles. The van der Waals surface area contributed by atoms with E-state index in [0.29, 0.717) is 0 Å². The van der Waals surface area contributed by atoms with Crippen LogP contribution in [0, 0.1) is 6.92 Å². The molecule has 216 valence electrons. The van der Waals surface area contributed by atoms with Crippen molar-refractivity contribution in [1.82, 2.24) is 13.7 Å². The predicted molar refractivity (Wildman–Crippen MR) is 194 cm³/mol. The molecule has 3 nitrogen and oxygen atoms in total. The molecule has 0 aliphatic rings. The second-order valence-corrected chi connectivity index (χ2v) is 10.6. The van der Waals surface area contributed by atoms with Crippen LogP contribution in [0.4, 0.5) is 0 Å². The molecular formula is C43H29N3. The van der Waals surface area contributed by atoms with Crippen molar-refractivity contribution >= 4 is 65.4 Å². The van der Waals surface area contributed by atoms with E-state index in [-0.39, 0.29) is 78.0 Å². The molecule has 0 fully saturated rings. The van der Waals surface area contributed by atoms with Crippen molar-refractivity contribution in [3.63, 3.8) is 0 Å². The number of para-hydroxylation sites is 6. The molecule has 0 saturated carbocycles. The highest BCUT2D eigenvalue weighted by molar-refractivity contribution is 6.13. The third kappa shape index (κ3) is 3.43. The number of hydrogen-bond donors (Lipinski definition) is 0. The average molecular weight is 610 g/mol. The maximum absolute atomic E-state index is 9.96. The summed E-state index contributed by atoms with van der Waals surface area (Å²) in [6, 6.07) is -8.93. The van der Waals surface area contributed by atoms with Crippen LogP contribution in [-0.4, -0.2) is 13.7 Å². The minimum absolute atomic E-state index is 0.0455. The van der Waals surface area contributed by atoms with Crippen molar-refractivity contribution in [3.8, 4) is 17.1 Å². The summed E-state index contributed by atoms with van der Waals surface area (Å²) in [7, 11) is 0. The van der Waals surface area contributed by atoms with E-state index in [9.17, 15) is 8.22 Å². The van der Waals surface area contributed by atoms with Gasteiger partial charge in [-0.2, -0.15) is 0 Å². The van der Waals surface area contributed by atoms with Gasteiger partial charge in [0.05, 0.1) is 74.6 Å². The molecule has 7 aromatic carbocycles. The Morgan fingerprint density at radius 3 is 1.30 bits per heavy atom. The molecule has 0 saturated heterocycles. The fourth-order valence-electron chi connectivity index (χ4n) is 6.19. The van der Waals surface area contributed by atoms with Gasteiger partial charge in [0.1, 0.15) is 0 Å². The van der Waals surface area contributed by atoms with Crippen LogP contribution in [0.3, 0.4) is 0 Å². The van der Waals surface area contributed by atoms with Crippen molar-refractivity contribution < 1.29 is 30.2 Å². The van der Waals surface area contributed by atoms with Gasteiger partial charge in [0.25, 0.3) is 0 Å². The maximum Gasteiger partial charge on any atom is 0.0702 e. The Morgan fingerprint density at radius 1 is 0.391 bits per heavy atom. The molecule has 10 aromatic rings. The summed E-state index contributed by atoms with van der Waals surface area (Å²) < 4.78 is 201. The average Bonchev–Trinajstić information content (AvgIpc) is 3.99. The highest BCUT2D eigenvalue weighted by atomic mass is 15.1. The largest absolute Gasteiger partial charge is 0.309 e. The monoisotopic (exact) mass is 609 g/mol. The molecule has 0 N–H and O–H groups in total. The van der Waals surface area contributed by atoms with E-state index in [1.807, 2.05) is 0 Å². The lowest BCUT2D eigenvalue weighted by atomic mass is 10.1. The van der Waals surface area contributed by atoms with Gasteiger partial charge in [-0.3, -0.25) is 0 Å². The van der Waals surface area contributed by atoms with Gasteiger partial charge in [-0.1, -0.05) is 96.2 Å². The molecular weight excluding hydrogens is 558 g/mol. The molecule has 46 heavy (non-hydrogen) atoms. The Labute approximate surface area is 296 Å². The van der Waals surface area contributed by atoms with Crippen LogP contribution in [0.5, 0.6) is 0 Å². The first kappa shape index (κ1) is 12.0. The Kier molecular flexibility index (Phi) is 2.48. The maximum atomic E-state index is 9.96. The summed E-state index contributed by atoms with van der Waals surface area (Å²) in [6.45, 7) is 1.43. The van der Waals surface area contributed by atoms with Crippen molar-refractivity contribution in [2.75, 3.05) is 0 Å². The van der Waals surface area contributed by atoms with E-state index in [4.69, 9.17) is 21.9 Å². The molecule has 0 atom stereocenters. The molecule has 0 bridgehead atoms. The molecule has 0 aliphatic heterocycles. The Bertz CT molecular complexity index is 3920. The van der Waals surface area contributed by atoms with Gasteiger partial charge in [-0.15, -0.1) is 0 Å². The van der Waals surface area contributed by atoms with E-state index >= 15 is 0 Å². The van der Waals surface area contributed by atoms with Gasteiger partial charge in [0.15, 0.2) is 0 Å². The quantitative estimate of drug-likeness (QED) is 0.189. The van der Waals surface area contributed by atoms with E-state index in [1.165, 1.54) is 40.3 Å². The van der Waals surface area contributed by atoms with Crippen LogP contribution in [0.2, 0.25) is 0 Å². The third-order valence-corrected chi connectivity index (χ3v) is 8.05. The van der Waals surface area contributed by atoms with E-state index < -0.39 is 143 Å². The number of aromatic nitrogens is 3. The van der Waals surface area contributed by atoms with Crippen LogP contribution in [-0.2, 0) is 0 Å². The van der Waals surface area contributed by atoms with Crippen LogP contribution >= 0.6 is 0 Å². The first-order valence-electron chi connectivity index (χ1n) is 25.1. The predicted octanol–water partition coefficient (Wildman–Crippen LogP) is 11.3. The smallest absolute Gasteiger partial charge is 0.0702 e. The van der Waals surface area contributed by atoms with Gasteiger partial charge in [0, 0.05) is 38.0 Å². The first-order valence-corrected chi connectivity index (χ1v) is 14.1. The highest BCUT2D eigenvalue weighted by Gasteiger charge is 2.20. The number of nitrogens with zero attached hydrogens (tertiary/aromatic N) is 3. The summed E-state index contributed by atoms with van der Waals surface area (Å²) in [5, 5.41) is -1.74. The van der Waals surface area contributed by atoms with Crippen molar-refractivity contribution in [1.29, 1.82) is 0 Å². The van der Waals surface area contributed by atoms with Crippen molar-refractivity contribution in [2.24, 2.45) is 0 Å². The van der Waals surface area contributed by atoms with E-state index in [1.54, 1.807) is 0 Å². The summed E-state index contributed by atoms with van der Waals surface area (Å²) in [4.78, 5) is 0. The molecule has 0 radical (unpaired) electrons. The van der Waals surface area contributed by atoms with Gasteiger partial charge in [-0.25, -0.2) is 0 Å². The Morgan fingerprint density at radius 2 is 0.783 bits per heavy atom. The molecule has 3 heteroatoms. The number of rotatable bonds is 3. The molecule has 0 spiro atoms. The highest BCUT2D eigenvalue weighted by Crippen LogP contribution is 2.40. The van der Waals surface area contributed by atoms with E-state index in [0.717, 1.165) is 4.57 Å². The molecule has 3 heterocycles. The van der Waals surface area contributed by atoms with Crippen LogP contribution in [0.15, 0.2) is 157 Å². The lowest BCUT2D eigenvalue weighted by Crippen LogP contribution is -2.03. The second-order valence-electron chi connectivity index (χ2n) is 10.6. The Balaban J connectivity index is 1.47. The normalized spacial score (nSPS) is 18.7. The standard InChI is InChI=1S/C43H29N3/c1-28-22-24-40-34(26-28)32-14-4-8-18-38(32)45(40)42-20-10-11-21-43(42)46-39-19-9-5-15-33(39)35-27-29(23-25-41(35)46)44-36-16-6-2-12-30(36)31-13-3-7-17-37(31)44/h2-27H,1H3/i2D,3D,4D,5D,6D,7D,8D,9D,12D,13D,14D,15D,16D,17D,18D,19D,22D,23D,24D,25D,26D,27D. The van der Waals surface area contributed by atoms with Gasteiger partial charge < -0.3 is 13.7 Å². The summed E-state index contributed by atoms with van der Waals surface area (Å²) >= 11 is 0. The number of fused-ring (bicyclic) bond motifs is 9. The van der Waals surface area contributed by atoms with Crippen molar-refractivity contribution in [2.45, 2.75) is 6.92 Å². The first-order chi connectivity index (χ1) is 31.9. The minimum atomic E-state index is -0.842. The van der Waals surface area contributed by atoms with Crippen LogP contribution in [0.25, 0.3) is 82.5 Å². The summed E-state index contributed by atoms with van der Waals surface area (Å²) in [6.07, 6.45) is 0. The molecule has 0 unspecified atom stereocenters. The van der Waals surface area contributed by atoms with Gasteiger partial charge in [0.2, 0.25) is 0 Å². The van der Waals surface area contributed by atoms with Crippen LogP contribution in [0.1, 0.15) is 35.7 Å². The zero-order valence-electron chi connectivity index (χ0n) is 45.7. The fraction of sp³-hybridized carbons (Fsp3) is 0.0233. The lowest BCUT2D eigenvalue weighted by Gasteiger charge is -2.17. The summed E-state index contributed by atoms with van der Waals surface area (Å²) in [5.41, 5.74) is -2.76. The fourth-order valence-corrected chi connectivity index (χ4v) is 6.19. The van der Waals surface area contributed by atoms with Crippen molar-refractivity contribution in [3.05, 3.63) is 163 Å².